The molecule has 4 nitrogen and oxygen atoms in total. The lowest BCUT2D eigenvalue weighted by molar-refractivity contribution is -0.138. The standard InChI is InChI=1S/C12H14O4/c1-7(12(13)14)11-9-6-16-5-8(9)3-4-10(11)15-2/h3-4,7H,5-6H2,1-2H3,(H,13,14). The molecule has 1 heterocycles. The molecular weight excluding hydrogens is 208 g/mol. The number of methoxy groups -OCH3 is 1. The van der Waals surface area contributed by atoms with Crippen LogP contribution in [0.5, 0.6) is 5.75 Å². The van der Waals surface area contributed by atoms with Gasteiger partial charge in [-0.25, -0.2) is 0 Å². The molecule has 1 aromatic rings. The van der Waals surface area contributed by atoms with E-state index >= 15 is 0 Å². The van der Waals surface area contributed by atoms with Gasteiger partial charge in [-0.2, -0.15) is 0 Å². The van der Waals surface area contributed by atoms with Crippen molar-refractivity contribution in [3.8, 4) is 5.75 Å². The number of fused-ring (bicyclic) bond motifs is 1. The first kappa shape index (κ1) is 11.0. The van der Waals surface area contributed by atoms with E-state index < -0.39 is 11.9 Å². The second kappa shape index (κ2) is 4.14. The molecule has 0 saturated carbocycles. The fraction of sp³-hybridized carbons (Fsp3) is 0.417. The Bertz CT molecular complexity index is 425. The number of hydrogen-bond donors (Lipinski definition) is 1. The van der Waals surface area contributed by atoms with Crippen LogP contribution in [0.25, 0.3) is 0 Å². The summed E-state index contributed by atoms with van der Waals surface area (Å²) in [5.41, 5.74) is 2.77. The summed E-state index contributed by atoms with van der Waals surface area (Å²) in [7, 11) is 1.55. The summed E-state index contributed by atoms with van der Waals surface area (Å²) in [6.07, 6.45) is 0. The van der Waals surface area contributed by atoms with E-state index in [1.165, 1.54) is 0 Å². The molecule has 0 fully saturated rings. The van der Waals surface area contributed by atoms with Gasteiger partial charge in [-0.15, -0.1) is 0 Å². The summed E-state index contributed by atoms with van der Waals surface area (Å²) < 4.78 is 10.6. The van der Waals surface area contributed by atoms with Crippen molar-refractivity contribution in [3.63, 3.8) is 0 Å². The predicted molar refractivity (Wildman–Crippen MR) is 57.5 cm³/mol. The average molecular weight is 222 g/mol. The monoisotopic (exact) mass is 222 g/mol. The fourth-order valence-electron chi connectivity index (χ4n) is 2.03. The Morgan fingerprint density at radius 2 is 2.25 bits per heavy atom. The summed E-state index contributed by atoms with van der Waals surface area (Å²) >= 11 is 0. The Kier molecular flexibility index (Phi) is 2.83. The molecule has 0 bridgehead atoms. The highest BCUT2D eigenvalue weighted by molar-refractivity contribution is 5.77. The number of carboxylic acid groups (broad SMARTS) is 1. The molecule has 0 amide bonds. The van der Waals surface area contributed by atoms with Crippen LogP contribution in [0.15, 0.2) is 12.1 Å². The van der Waals surface area contributed by atoms with E-state index in [0.29, 0.717) is 19.0 Å². The Balaban J connectivity index is 2.56. The summed E-state index contributed by atoms with van der Waals surface area (Å²) in [5.74, 6) is -0.802. The van der Waals surface area contributed by atoms with Crippen molar-refractivity contribution in [1.29, 1.82) is 0 Å². The van der Waals surface area contributed by atoms with Gasteiger partial charge in [0.1, 0.15) is 5.75 Å². The number of carboxylic acids is 1. The summed E-state index contributed by atoms with van der Waals surface area (Å²) in [4.78, 5) is 11.1. The Labute approximate surface area is 93.8 Å². The third-order valence-corrected chi connectivity index (χ3v) is 2.94. The minimum Gasteiger partial charge on any atom is -0.496 e. The highest BCUT2D eigenvalue weighted by atomic mass is 16.5. The maximum Gasteiger partial charge on any atom is 0.310 e. The quantitative estimate of drug-likeness (QED) is 0.848. The van der Waals surface area contributed by atoms with Crippen molar-refractivity contribution in [1.82, 2.24) is 0 Å². The van der Waals surface area contributed by atoms with E-state index in [9.17, 15) is 4.79 Å². The van der Waals surface area contributed by atoms with Crippen LogP contribution in [0, 0.1) is 0 Å². The smallest absolute Gasteiger partial charge is 0.310 e. The van der Waals surface area contributed by atoms with Gasteiger partial charge in [0.2, 0.25) is 0 Å². The molecule has 1 aliphatic heterocycles. The van der Waals surface area contributed by atoms with E-state index in [-0.39, 0.29) is 0 Å². The van der Waals surface area contributed by atoms with E-state index in [1.807, 2.05) is 12.1 Å². The minimum absolute atomic E-state index is 0.472. The van der Waals surface area contributed by atoms with Gasteiger partial charge in [-0.1, -0.05) is 6.07 Å². The summed E-state index contributed by atoms with van der Waals surface area (Å²) in [6, 6.07) is 3.74. The second-order valence-electron chi connectivity index (χ2n) is 3.87. The number of ether oxygens (including phenoxy) is 2. The van der Waals surface area contributed by atoms with E-state index in [1.54, 1.807) is 14.0 Å². The minimum atomic E-state index is -0.849. The normalized spacial score (nSPS) is 15.6. The first-order chi connectivity index (χ1) is 7.65. The van der Waals surface area contributed by atoms with Crippen molar-refractivity contribution in [2.24, 2.45) is 0 Å². The molecule has 86 valence electrons. The van der Waals surface area contributed by atoms with Crippen LogP contribution in [0.4, 0.5) is 0 Å². The highest BCUT2D eigenvalue weighted by Crippen LogP contribution is 2.35. The lowest BCUT2D eigenvalue weighted by Crippen LogP contribution is -2.11. The number of hydrogen-bond acceptors (Lipinski definition) is 3. The summed E-state index contributed by atoms with van der Waals surface area (Å²) in [6.45, 7) is 2.69. The van der Waals surface area contributed by atoms with Gasteiger partial charge < -0.3 is 14.6 Å². The van der Waals surface area contributed by atoms with Crippen molar-refractivity contribution in [3.05, 3.63) is 28.8 Å². The van der Waals surface area contributed by atoms with Crippen LogP contribution in [-0.4, -0.2) is 18.2 Å². The third kappa shape index (κ3) is 1.65. The molecule has 1 aliphatic rings. The van der Waals surface area contributed by atoms with Crippen LogP contribution < -0.4 is 4.74 Å². The van der Waals surface area contributed by atoms with Gasteiger partial charge >= 0.3 is 5.97 Å². The molecular formula is C12H14O4. The predicted octanol–water partition coefficient (Wildman–Crippen LogP) is 1.91. The van der Waals surface area contributed by atoms with Crippen LogP contribution in [0.1, 0.15) is 29.5 Å². The van der Waals surface area contributed by atoms with Gasteiger partial charge in [-0.3, -0.25) is 4.79 Å². The molecule has 1 unspecified atom stereocenters. The largest absolute Gasteiger partial charge is 0.496 e. The fourth-order valence-corrected chi connectivity index (χ4v) is 2.03. The zero-order chi connectivity index (χ0) is 11.7. The maximum atomic E-state index is 11.1. The van der Waals surface area contributed by atoms with Crippen LogP contribution in [0.2, 0.25) is 0 Å². The number of benzene rings is 1. The van der Waals surface area contributed by atoms with Gasteiger partial charge in [0.05, 0.1) is 26.2 Å². The van der Waals surface area contributed by atoms with Gasteiger partial charge in [0, 0.05) is 5.56 Å². The molecule has 1 aromatic carbocycles. The molecule has 4 heteroatoms. The molecule has 1 atom stereocenters. The highest BCUT2D eigenvalue weighted by Gasteiger charge is 2.26. The topological polar surface area (TPSA) is 55.8 Å². The molecule has 2 rings (SSSR count). The maximum absolute atomic E-state index is 11.1. The average Bonchev–Trinajstić information content (AvgIpc) is 2.74. The third-order valence-electron chi connectivity index (χ3n) is 2.94. The van der Waals surface area contributed by atoms with E-state index in [0.717, 1.165) is 16.7 Å². The molecule has 0 aromatic heterocycles. The number of rotatable bonds is 3. The lowest BCUT2D eigenvalue weighted by Gasteiger charge is -2.15. The molecule has 16 heavy (non-hydrogen) atoms. The van der Waals surface area contributed by atoms with Crippen molar-refractivity contribution in [2.45, 2.75) is 26.1 Å². The van der Waals surface area contributed by atoms with Crippen LogP contribution in [-0.2, 0) is 22.7 Å². The molecule has 1 N–H and O–H groups in total. The molecule has 0 spiro atoms. The SMILES string of the molecule is COc1ccc2c(c1C(C)C(=O)O)COC2. The van der Waals surface area contributed by atoms with Crippen LogP contribution in [0.3, 0.4) is 0 Å². The van der Waals surface area contributed by atoms with Crippen LogP contribution >= 0.6 is 0 Å². The number of aliphatic carboxylic acids is 1. The van der Waals surface area contributed by atoms with Gasteiger partial charge in [0.25, 0.3) is 0 Å². The zero-order valence-electron chi connectivity index (χ0n) is 9.32. The zero-order valence-corrected chi connectivity index (χ0v) is 9.32. The van der Waals surface area contributed by atoms with Gasteiger partial charge in [-0.05, 0) is 24.1 Å². The Morgan fingerprint density at radius 3 is 2.88 bits per heavy atom. The number of carbonyl (C=O) groups is 1. The van der Waals surface area contributed by atoms with Crippen molar-refractivity contribution < 1.29 is 19.4 Å². The van der Waals surface area contributed by atoms with Crippen molar-refractivity contribution in [2.75, 3.05) is 7.11 Å². The lowest BCUT2D eigenvalue weighted by atomic mass is 9.92. The first-order valence-corrected chi connectivity index (χ1v) is 5.14. The van der Waals surface area contributed by atoms with E-state index in [4.69, 9.17) is 14.6 Å². The van der Waals surface area contributed by atoms with Gasteiger partial charge in [0.15, 0.2) is 0 Å². The first-order valence-electron chi connectivity index (χ1n) is 5.14. The Morgan fingerprint density at radius 1 is 1.50 bits per heavy atom. The van der Waals surface area contributed by atoms with E-state index in [2.05, 4.69) is 0 Å². The van der Waals surface area contributed by atoms with Crippen molar-refractivity contribution >= 4 is 5.97 Å². The Hall–Kier alpha value is -1.55. The molecule has 0 aliphatic carbocycles. The second-order valence-corrected chi connectivity index (χ2v) is 3.87. The summed E-state index contributed by atoms with van der Waals surface area (Å²) in [5, 5.41) is 9.09. The molecule has 0 saturated heterocycles. The molecule has 0 radical (unpaired) electrons.